The van der Waals surface area contributed by atoms with E-state index < -0.39 is 0 Å². The lowest BCUT2D eigenvalue weighted by Crippen LogP contribution is -2.36. The first-order chi connectivity index (χ1) is 13.7. The number of aromatic nitrogens is 3. The summed E-state index contributed by atoms with van der Waals surface area (Å²) in [5.74, 6) is -0.254. The lowest BCUT2D eigenvalue weighted by molar-refractivity contribution is 0.102. The Bertz CT molecular complexity index is 931. The fourth-order valence-electron chi connectivity index (χ4n) is 3.24. The van der Waals surface area contributed by atoms with Crippen molar-refractivity contribution in [3.8, 4) is 0 Å². The second kappa shape index (κ2) is 8.22. The maximum atomic E-state index is 12.6. The molecule has 0 aliphatic carbocycles. The van der Waals surface area contributed by atoms with Gasteiger partial charge in [0, 0.05) is 24.5 Å². The monoisotopic (exact) mass is 377 g/mol. The highest BCUT2D eigenvalue weighted by atomic mass is 16.5. The lowest BCUT2D eigenvalue weighted by atomic mass is 10.2. The van der Waals surface area contributed by atoms with Crippen LogP contribution in [0.5, 0.6) is 0 Å². The SMILES string of the molecule is Cc1c(C(=O)Nc2ccc(N3CCOCC3)cc2)nnn1Cc1ccccc1. The molecule has 7 nitrogen and oxygen atoms in total. The quantitative estimate of drug-likeness (QED) is 0.740. The first-order valence-corrected chi connectivity index (χ1v) is 9.39. The van der Waals surface area contributed by atoms with Crippen LogP contribution in [0.3, 0.4) is 0 Å². The minimum absolute atomic E-state index is 0.254. The normalized spacial score (nSPS) is 14.1. The molecule has 0 atom stereocenters. The van der Waals surface area contributed by atoms with E-state index in [1.54, 1.807) is 4.68 Å². The van der Waals surface area contributed by atoms with Gasteiger partial charge in [-0.1, -0.05) is 35.5 Å². The summed E-state index contributed by atoms with van der Waals surface area (Å²) in [7, 11) is 0. The molecule has 1 saturated heterocycles. The average Bonchev–Trinajstić information content (AvgIpc) is 3.10. The Morgan fingerprint density at radius 2 is 1.79 bits per heavy atom. The summed E-state index contributed by atoms with van der Waals surface area (Å²) in [4.78, 5) is 14.9. The lowest BCUT2D eigenvalue weighted by Gasteiger charge is -2.28. The molecule has 7 heteroatoms. The molecule has 3 aromatic rings. The highest BCUT2D eigenvalue weighted by Crippen LogP contribution is 2.19. The first kappa shape index (κ1) is 18.2. The molecule has 0 spiro atoms. The van der Waals surface area contributed by atoms with Crippen molar-refractivity contribution < 1.29 is 9.53 Å². The topological polar surface area (TPSA) is 72.3 Å². The third kappa shape index (κ3) is 4.04. The van der Waals surface area contributed by atoms with Gasteiger partial charge >= 0.3 is 0 Å². The van der Waals surface area contributed by atoms with Gasteiger partial charge in [0.25, 0.3) is 5.91 Å². The van der Waals surface area contributed by atoms with Gasteiger partial charge in [0.15, 0.2) is 5.69 Å². The molecular formula is C21H23N5O2. The minimum Gasteiger partial charge on any atom is -0.378 e. The Morgan fingerprint density at radius 1 is 1.07 bits per heavy atom. The number of morpholine rings is 1. The first-order valence-electron chi connectivity index (χ1n) is 9.39. The van der Waals surface area contributed by atoms with Crippen LogP contribution in [0, 0.1) is 6.92 Å². The number of nitrogens with zero attached hydrogens (tertiary/aromatic N) is 4. The summed E-state index contributed by atoms with van der Waals surface area (Å²) >= 11 is 0. The van der Waals surface area contributed by atoms with E-state index in [4.69, 9.17) is 4.74 Å². The van der Waals surface area contributed by atoms with Crippen molar-refractivity contribution in [1.29, 1.82) is 0 Å². The molecule has 28 heavy (non-hydrogen) atoms. The van der Waals surface area contributed by atoms with Gasteiger partial charge in [0.05, 0.1) is 25.5 Å². The van der Waals surface area contributed by atoms with Gasteiger partial charge in [-0.3, -0.25) is 4.79 Å². The van der Waals surface area contributed by atoms with Gasteiger partial charge in [-0.15, -0.1) is 5.10 Å². The molecule has 1 aliphatic heterocycles. The third-order valence-electron chi connectivity index (χ3n) is 4.87. The summed E-state index contributed by atoms with van der Waals surface area (Å²) in [5.41, 5.74) is 4.06. The summed E-state index contributed by atoms with van der Waals surface area (Å²) in [6, 6.07) is 17.8. The number of hydrogen-bond acceptors (Lipinski definition) is 5. The second-order valence-electron chi connectivity index (χ2n) is 6.77. The summed E-state index contributed by atoms with van der Waals surface area (Å²) in [6.45, 7) is 5.71. The number of amides is 1. The molecule has 1 aliphatic rings. The molecular weight excluding hydrogens is 354 g/mol. The van der Waals surface area contributed by atoms with Gasteiger partial charge in [0.1, 0.15) is 0 Å². The van der Waals surface area contributed by atoms with Gasteiger partial charge in [0.2, 0.25) is 0 Å². The maximum Gasteiger partial charge on any atom is 0.278 e. The van der Waals surface area contributed by atoms with Gasteiger partial charge in [-0.25, -0.2) is 4.68 Å². The predicted molar refractivity (Wildman–Crippen MR) is 108 cm³/mol. The Hall–Kier alpha value is -3.19. The van der Waals surface area contributed by atoms with Crippen molar-refractivity contribution in [1.82, 2.24) is 15.0 Å². The molecule has 4 rings (SSSR count). The van der Waals surface area contributed by atoms with E-state index in [2.05, 4.69) is 20.5 Å². The van der Waals surface area contributed by atoms with Crippen LogP contribution in [-0.2, 0) is 11.3 Å². The number of anilines is 2. The zero-order chi connectivity index (χ0) is 19.3. The smallest absolute Gasteiger partial charge is 0.278 e. The minimum atomic E-state index is -0.254. The number of benzene rings is 2. The molecule has 0 saturated carbocycles. The molecule has 1 fully saturated rings. The van der Waals surface area contributed by atoms with E-state index in [0.29, 0.717) is 12.2 Å². The number of rotatable bonds is 5. The molecule has 1 amide bonds. The van der Waals surface area contributed by atoms with Crippen LogP contribution in [0.4, 0.5) is 11.4 Å². The van der Waals surface area contributed by atoms with Crippen LogP contribution in [-0.4, -0.2) is 47.2 Å². The van der Waals surface area contributed by atoms with E-state index >= 15 is 0 Å². The van der Waals surface area contributed by atoms with E-state index in [0.717, 1.165) is 48.9 Å². The van der Waals surface area contributed by atoms with Crippen molar-refractivity contribution in [3.05, 3.63) is 71.5 Å². The Labute approximate surface area is 163 Å². The van der Waals surface area contributed by atoms with Crippen molar-refractivity contribution >= 4 is 17.3 Å². The molecule has 1 N–H and O–H groups in total. The molecule has 1 aromatic heterocycles. The summed E-state index contributed by atoms with van der Waals surface area (Å²) in [6.07, 6.45) is 0. The second-order valence-corrected chi connectivity index (χ2v) is 6.77. The van der Waals surface area contributed by atoms with E-state index in [9.17, 15) is 4.79 Å². The van der Waals surface area contributed by atoms with Crippen LogP contribution in [0.25, 0.3) is 0 Å². The van der Waals surface area contributed by atoms with Crippen LogP contribution in [0.15, 0.2) is 54.6 Å². The van der Waals surface area contributed by atoms with E-state index in [1.165, 1.54) is 0 Å². The van der Waals surface area contributed by atoms with Crippen molar-refractivity contribution in [2.24, 2.45) is 0 Å². The van der Waals surface area contributed by atoms with Crippen LogP contribution >= 0.6 is 0 Å². The average molecular weight is 377 g/mol. The summed E-state index contributed by atoms with van der Waals surface area (Å²) in [5, 5.41) is 11.1. The summed E-state index contributed by atoms with van der Waals surface area (Å²) < 4.78 is 7.13. The van der Waals surface area contributed by atoms with Crippen LogP contribution in [0.2, 0.25) is 0 Å². The number of nitrogens with one attached hydrogen (secondary N) is 1. The zero-order valence-electron chi connectivity index (χ0n) is 15.8. The molecule has 144 valence electrons. The molecule has 2 heterocycles. The van der Waals surface area contributed by atoms with Crippen molar-refractivity contribution in [2.75, 3.05) is 36.5 Å². The predicted octanol–water partition coefficient (Wildman–Crippen LogP) is 2.72. The number of ether oxygens (including phenoxy) is 1. The molecule has 0 bridgehead atoms. The largest absolute Gasteiger partial charge is 0.378 e. The van der Waals surface area contributed by atoms with E-state index in [-0.39, 0.29) is 5.91 Å². The van der Waals surface area contributed by atoms with E-state index in [1.807, 2.05) is 61.5 Å². The third-order valence-corrected chi connectivity index (χ3v) is 4.87. The Kier molecular flexibility index (Phi) is 5.34. The highest BCUT2D eigenvalue weighted by molar-refractivity contribution is 6.03. The van der Waals surface area contributed by atoms with Gasteiger partial charge in [-0.2, -0.15) is 0 Å². The number of carbonyl (C=O) groups is 1. The number of carbonyl (C=O) groups excluding carboxylic acids is 1. The zero-order valence-corrected chi connectivity index (χ0v) is 15.8. The maximum absolute atomic E-state index is 12.6. The fourth-order valence-corrected chi connectivity index (χ4v) is 3.24. The van der Waals surface area contributed by atoms with Gasteiger partial charge < -0.3 is 15.0 Å². The highest BCUT2D eigenvalue weighted by Gasteiger charge is 2.17. The Balaban J connectivity index is 1.42. The molecule has 0 unspecified atom stereocenters. The Morgan fingerprint density at radius 3 is 2.50 bits per heavy atom. The van der Waals surface area contributed by atoms with Crippen molar-refractivity contribution in [3.63, 3.8) is 0 Å². The standard InChI is InChI=1S/C21H23N5O2/c1-16-20(23-24-26(16)15-17-5-3-2-4-6-17)21(27)22-18-7-9-19(10-8-18)25-11-13-28-14-12-25/h2-10H,11-15H2,1H3,(H,22,27). The van der Waals surface area contributed by atoms with Crippen LogP contribution in [0.1, 0.15) is 21.7 Å². The van der Waals surface area contributed by atoms with Crippen molar-refractivity contribution in [2.45, 2.75) is 13.5 Å². The fraction of sp³-hybridized carbons (Fsp3) is 0.286. The molecule has 2 aromatic carbocycles. The number of hydrogen-bond donors (Lipinski definition) is 1. The van der Waals surface area contributed by atoms with Crippen LogP contribution < -0.4 is 10.2 Å². The van der Waals surface area contributed by atoms with Gasteiger partial charge in [-0.05, 0) is 36.8 Å². The molecule has 0 radical (unpaired) electrons.